The number of nitrogens with zero attached hydrogens (tertiary/aromatic N) is 2. The number of hydrogen-bond donors (Lipinski definition) is 1. The molecule has 0 radical (unpaired) electrons. The molecule has 1 heterocycles. The minimum atomic E-state index is -4.92. The summed E-state index contributed by atoms with van der Waals surface area (Å²) in [6, 6.07) is 1.85. The predicted molar refractivity (Wildman–Crippen MR) is 49.9 cm³/mol. The average Bonchev–Trinajstić information content (AvgIpc) is 2.07. The zero-order valence-electron chi connectivity index (χ0n) is 8.32. The van der Waals surface area contributed by atoms with E-state index in [-0.39, 0.29) is 5.69 Å². The van der Waals surface area contributed by atoms with Crippen LogP contribution in [-0.2, 0) is 24.0 Å². The van der Waals surface area contributed by atoms with Crippen molar-refractivity contribution in [1.82, 2.24) is 4.57 Å². The molecular weight excluding hydrogens is 224 g/mol. The van der Waals surface area contributed by atoms with Crippen molar-refractivity contribution in [2.45, 2.75) is 13.5 Å². The summed E-state index contributed by atoms with van der Waals surface area (Å²) >= 11 is 0. The van der Waals surface area contributed by atoms with Crippen LogP contribution in [0.5, 0.6) is 0 Å². The zero-order chi connectivity index (χ0) is 12.1. The Morgan fingerprint density at radius 2 is 2.07 bits per heavy atom. The fraction of sp³-hybridized carbons (Fsp3) is 0.429. The molecule has 0 aliphatic rings. The third-order valence-electron chi connectivity index (χ3n) is 1.46. The Labute approximate surface area is 87.2 Å². The van der Waals surface area contributed by atoms with E-state index in [0.29, 0.717) is 0 Å². The molecule has 0 amide bonds. The molecule has 0 bridgehead atoms. The van der Waals surface area contributed by atoms with E-state index in [4.69, 9.17) is 17.5 Å². The van der Waals surface area contributed by atoms with Crippen molar-refractivity contribution in [3.05, 3.63) is 28.9 Å². The van der Waals surface area contributed by atoms with Gasteiger partial charge in [-0.3, -0.25) is 4.55 Å². The van der Waals surface area contributed by atoms with E-state index in [0.717, 1.165) is 6.54 Å². The second-order valence-corrected chi connectivity index (χ2v) is 3.45. The third-order valence-corrected chi connectivity index (χ3v) is 1.46. The molecule has 0 spiro atoms. The molecule has 1 N–H and O–H groups in total. The molecule has 0 unspecified atom stereocenters. The number of hydrogen-bond acceptors (Lipinski definition) is 4. The molecule has 0 aromatic carbocycles. The summed E-state index contributed by atoms with van der Waals surface area (Å²) in [5.74, 6) is 0. The van der Waals surface area contributed by atoms with Gasteiger partial charge in [0, 0.05) is 6.07 Å². The lowest BCUT2D eigenvalue weighted by Gasteiger charge is -1.92. The van der Waals surface area contributed by atoms with Crippen molar-refractivity contribution in [3.63, 3.8) is 0 Å². The largest absolute Gasteiger partial charge is 0.726 e. The van der Waals surface area contributed by atoms with E-state index in [1.807, 2.05) is 13.0 Å². The Morgan fingerprint density at radius 3 is 2.40 bits per heavy atom. The van der Waals surface area contributed by atoms with Gasteiger partial charge in [-0.15, -0.1) is 0 Å². The van der Waals surface area contributed by atoms with E-state index in [9.17, 15) is 4.79 Å². The molecule has 0 saturated heterocycles. The summed E-state index contributed by atoms with van der Waals surface area (Å²) in [7, 11) is -3.17. The smallest absolute Gasteiger partial charge is 0.497 e. The first-order chi connectivity index (χ1) is 6.75. The van der Waals surface area contributed by atoms with Crippen LogP contribution in [0.4, 0.5) is 0 Å². The van der Waals surface area contributed by atoms with Gasteiger partial charge >= 0.3 is 5.69 Å². The second kappa shape index (κ2) is 5.59. The van der Waals surface area contributed by atoms with Crippen molar-refractivity contribution < 1.29 is 22.1 Å². The maximum absolute atomic E-state index is 11.1. The summed E-state index contributed by atoms with van der Waals surface area (Å²) in [4.78, 5) is 11.1. The summed E-state index contributed by atoms with van der Waals surface area (Å²) in [6.45, 7) is 2.68. The van der Waals surface area contributed by atoms with Crippen LogP contribution in [0.3, 0.4) is 0 Å². The van der Waals surface area contributed by atoms with Crippen LogP contribution in [0.1, 0.15) is 6.92 Å². The van der Waals surface area contributed by atoms with Crippen LogP contribution in [0.2, 0.25) is 0 Å². The number of aryl methyl sites for hydroxylation is 2. The van der Waals surface area contributed by atoms with Gasteiger partial charge in [0.05, 0.1) is 26.0 Å². The van der Waals surface area contributed by atoms with E-state index in [2.05, 4.69) is 0 Å². The van der Waals surface area contributed by atoms with Crippen LogP contribution >= 0.6 is 0 Å². The summed E-state index contributed by atoms with van der Waals surface area (Å²) in [5.41, 5.74) is 0.0324. The van der Waals surface area contributed by atoms with Gasteiger partial charge in [-0.05, 0) is 6.92 Å². The molecule has 8 heteroatoms. The molecule has 0 aliphatic heterocycles. The van der Waals surface area contributed by atoms with E-state index >= 15 is 0 Å². The van der Waals surface area contributed by atoms with E-state index in [1.54, 1.807) is 28.6 Å². The van der Waals surface area contributed by atoms with Crippen molar-refractivity contribution in [1.29, 1.82) is 0 Å². The SMILES string of the molecule is CCn1ccc[n+](C)c1=O.O=S(=O)([O-])O. The van der Waals surface area contributed by atoms with Crippen molar-refractivity contribution >= 4 is 10.4 Å². The Hall–Kier alpha value is -1.25. The molecule has 0 saturated carbocycles. The topological polar surface area (TPSA) is 103 Å². The Balaban J connectivity index is 0.000000336. The zero-order valence-corrected chi connectivity index (χ0v) is 9.14. The highest BCUT2D eigenvalue weighted by Gasteiger charge is 2.01. The highest BCUT2D eigenvalue weighted by Crippen LogP contribution is 1.74. The van der Waals surface area contributed by atoms with Crippen LogP contribution in [0, 0.1) is 0 Å². The van der Waals surface area contributed by atoms with Gasteiger partial charge in [-0.2, -0.15) is 9.36 Å². The molecule has 1 aromatic heterocycles. The molecule has 86 valence electrons. The second-order valence-electron chi connectivity index (χ2n) is 2.60. The Morgan fingerprint density at radius 1 is 1.60 bits per heavy atom. The fourth-order valence-electron chi connectivity index (χ4n) is 0.842. The van der Waals surface area contributed by atoms with Crippen molar-refractivity contribution in [2.24, 2.45) is 7.05 Å². The lowest BCUT2D eigenvalue weighted by Crippen LogP contribution is -2.50. The van der Waals surface area contributed by atoms with Gasteiger partial charge in [-0.25, -0.2) is 13.0 Å². The first kappa shape index (κ1) is 13.8. The minimum Gasteiger partial charge on any atom is -0.726 e. The third kappa shape index (κ3) is 6.77. The first-order valence-corrected chi connectivity index (χ1v) is 5.35. The number of aromatic nitrogens is 2. The molecule has 1 aromatic rings. The highest BCUT2D eigenvalue weighted by atomic mass is 32.3. The van der Waals surface area contributed by atoms with Crippen molar-refractivity contribution in [2.75, 3.05) is 0 Å². The van der Waals surface area contributed by atoms with Crippen LogP contribution in [-0.4, -0.2) is 22.1 Å². The summed E-state index contributed by atoms with van der Waals surface area (Å²) < 4.78 is 36.0. The monoisotopic (exact) mass is 236 g/mol. The van der Waals surface area contributed by atoms with Gasteiger partial charge in [0.1, 0.15) is 0 Å². The summed E-state index contributed by atoms with van der Waals surface area (Å²) in [6.07, 6.45) is 3.52. The Bertz CT molecular complexity index is 457. The summed E-state index contributed by atoms with van der Waals surface area (Å²) in [5, 5.41) is 0. The normalized spacial score (nSPS) is 10.4. The molecule has 1 rings (SSSR count). The van der Waals surface area contributed by atoms with Crippen LogP contribution in [0.25, 0.3) is 0 Å². The standard InChI is InChI=1S/C7H11N2O.H2O4S/c1-3-9-6-4-5-8(2)7(9)10;1-5(2,3)4/h4-6H,3H2,1-2H3;(H2,1,2,3,4)/q+1;/p-1. The fourth-order valence-corrected chi connectivity index (χ4v) is 0.842. The quantitative estimate of drug-likeness (QED) is 0.370. The lowest BCUT2D eigenvalue weighted by molar-refractivity contribution is -0.691. The molecular formula is C7H12N2O5S. The van der Waals surface area contributed by atoms with Crippen LogP contribution in [0.15, 0.2) is 23.3 Å². The predicted octanol–water partition coefficient (Wildman–Crippen LogP) is -1.30. The number of rotatable bonds is 1. The minimum absolute atomic E-state index is 0.0324. The average molecular weight is 236 g/mol. The maximum Gasteiger partial charge on any atom is 0.497 e. The molecule has 15 heavy (non-hydrogen) atoms. The Kier molecular flexibility index (Phi) is 5.12. The van der Waals surface area contributed by atoms with Crippen LogP contribution < -0.4 is 10.3 Å². The lowest BCUT2D eigenvalue weighted by atomic mass is 10.6. The molecule has 7 nitrogen and oxygen atoms in total. The molecule has 0 atom stereocenters. The first-order valence-electron chi connectivity index (χ1n) is 3.99. The highest BCUT2D eigenvalue weighted by molar-refractivity contribution is 7.79. The van der Waals surface area contributed by atoms with Crippen molar-refractivity contribution in [3.8, 4) is 0 Å². The maximum atomic E-state index is 11.1. The van der Waals surface area contributed by atoms with E-state index < -0.39 is 10.4 Å². The van der Waals surface area contributed by atoms with E-state index in [1.165, 1.54) is 0 Å². The molecule has 0 fully saturated rings. The van der Waals surface area contributed by atoms with Gasteiger partial charge in [0.2, 0.25) is 10.4 Å². The van der Waals surface area contributed by atoms with Gasteiger partial charge in [0.25, 0.3) is 0 Å². The van der Waals surface area contributed by atoms with Gasteiger partial charge < -0.3 is 4.55 Å². The molecule has 0 aliphatic carbocycles. The van der Waals surface area contributed by atoms with Gasteiger partial charge in [0.15, 0.2) is 0 Å². The van der Waals surface area contributed by atoms with Gasteiger partial charge in [-0.1, -0.05) is 0 Å².